The summed E-state index contributed by atoms with van der Waals surface area (Å²) in [6.07, 6.45) is 0. The molecule has 60 heavy (non-hydrogen) atoms. The van der Waals surface area contributed by atoms with Crippen molar-refractivity contribution in [2.75, 3.05) is 4.90 Å². The Bertz CT molecular complexity index is 3580. The lowest BCUT2D eigenvalue weighted by Gasteiger charge is -2.26. The topological polar surface area (TPSA) is 16.4 Å². The highest BCUT2D eigenvalue weighted by atomic mass is 16.3. The molecule has 0 spiro atoms. The van der Waals surface area contributed by atoms with Gasteiger partial charge in [0, 0.05) is 27.8 Å². The Kier molecular flexibility index (Phi) is 7.70. The van der Waals surface area contributed by atoms with E-state index in [0.717, 1.165) is 39.0 Å². The molecule has 2 nitrogen and oxygen atoms in total. The van der Waals surface area contributed by atoms with Crippen LogP contribution in [0.2, 0.25) is 0 Å². The summed E-state index contributed by atoms with van der Waals surface area (Å²) in [6, 6.07) is 73.3. The van der Waals surface area contributed by atoms with Gasteiger partial charge in [0.15, 0.2) is 0 Å². The fourth-order valence-corrected chi connectivity index (χ4v) is 9.84. The van der Waals surface area contributed by atoms with E-state index in [2.05, 4.69) is 219 Å². The number of rotatable bonds is 5. The molecular formula is C58H39NO. The van der Waals surface area contributed by atoms with Crippen molar-refractivity contribution in [3.8, 4) is 22.3 Å². The van der Waals surface area contributed by atoms with Crippen molar-refractivity contribution in [1.82, 2.24) is 0 Å². The van der Waals surface area contributed by atoms with Crippen molar-refractivity contribution in [2.24, 2.45) is 0 Å². The lowest BCUT2D eigenvalue weighted by atomic mass is 9.85. The zero-order valence-electron chi connectivity index (χ0n) is 33.4. The number of hydrogen-bond acceptors (Lipinski definition) is 2. The van der Waals surface area contributed by atoms with E-state index < -0.39 is 0 Å². The molecule has 0 aliphatic rings. The van der Waals surface area contributed by atoms with Crippen LogP contribution in [0.25, 0.3) is 98.1 Å². The highest BCUT2D eigenvalue weighted by Crippen LogP contribution is 2.46. The molecule has 0 unspecified atom stereocenters. The molecule has 0 radical (unpaired) electrons. The first-order valence-corrected chi connectivity index (χ1v) is 20.7. The van der Waals surface area contributed by atoms with Crippen molar-refractivity contribution in [2.45, 2.75) is 13.8 Å². The van der Waals surface area contributed by atoms with Gasteiger partial charge in [0.25, 0.3) is 0 Å². The second-order valence-corrected chi connectivity index (χ2v) is 16.2. The highest BCUT2D eigenvalue weighted by molar-refractivity contribution is 6.28. The van der Waals surface area contributed by atoms with Crippen molar-refractivity contribution in [3.63, 3.8) is 0 Å². The van der Waals surface area contributed by atoms with Crippen LogP contribution < -0.4 is 4.90 Å². The van der Waals surface area contributed by atoms with Gasteiger partial charge in [0.2, 0.25) is 0 Å². The molecule has 0 aliphatic heterocycles. The molecule has 282 valence electrons. The second-order valence-electron chi connectivity index (χ2n) is 16.2. The van der Waals surface area contributed by atoms with Crippen LogP contribution in [-0.4, -0.2) is 0 Å². The lowest BCUT2D eigenvalue weighted by Crippen LogP contribution is -2.10. The van der Waals surface area contributed by atoms with Gasteiger partial charge in [-0.15, -0.1) is 0 Å². The van der Waals surface area contributed by atoms with Crippen molar-refractivity contribution >= 4 is 92.9 Å². The third-order valence-electron chi connectivity index (χ3n) is 12.5. The van der Waals surface area contributed by atoms with Crippen LogP contribution >= 0.6 is 0 Å². The maximum absolute atomic E-state index is 6.66. The number of anilines is 3. The summed E-state index contributed by atoms with van der Waals surface area (Å²) in [7, 11) is 0. The van der Waals surface area contributed by atoms with E-state index in [1.807, 2.05) is 0 Å². The molecule has 0 bridgehead atoms. The van der Waals surface area contributed by atoms with Crippen molar-refractivity contribution in [3.05, 3.63) is 211 Å². The molecule has 12 rings (SSSR count). The predicted molar refractivity (Wildman–Crippen MR) is 256 cm³/mol. The molecule has 1 heterocycles. The number of benzene rings is 11. The standard InChI is InChI=1S/C58H39NO/c1-36-13-11-15-41(31-36)59(42-16-12-14-37(2)32-42)40-28-25-38(26-29-40)57-47-21-7-9-23-49(47)58(50-24-10-8-22-48(50)57)39-27-30-55-53(33-39)54-34-51-45-19-5-3-17-43(45)44-18-4-6-20-46(44)52(51)35-56(54)60-55/h3-35H,1-2H3. The van der Waals surface area contributed by atoms with E-state index in [4.69, 9.17) is 4.42 Å². The molecule has 12 aromatic rings. The van der Waals surface area contributed by atoms with Gasteiger partial charge >= 0.3 is 0 Å². The van der Waals surface area contributed by atoms with Gasteiger partial charge in [-0.2, -0.15) is 0 Å². The average Bonchev–Trinajstić information content (AvgIpc) is 3.65. The molecule has 0 fully saturated rings. The number of hydrogen-bond donors (Lipinski definition) is 0. The molecule has 0 aliphatic carbocycles. The SMILES string of the molecule is Cc1cccc(N(c2ccc(-c3c4ccccc4c(-c4ccc5oc6cc7c8ccccc8c8ccccc8c7cc6c5c4)c4ccccc34)cc2)c2cccc(C)c2)c1. The third-order valence-corrected chi connectivity index (χ3v) is 12.5. The molecule has 0 N–H and O–H groups in total. The van der Waals surface area contributed by atoms with Gasteiger partial charge in [0.1, 0.15) is 11.2 Å². The molecule has 1 aromatic heterocycles. The van der Waals surface area contributed by atoms with Crippen LogP contribution in [0.3, 0.4) is 0 Å². The van der Waals surface area contributed by atoms with Gasteiger partial charge in [0.05, 0.1) is 0 Å². The Morgan fingerprint density at radius 1 is 0.283 bits per heavy atom. The third kappa shape index (κ3) is 5.35. The summed E-state index contributed by atoms with van der Waals surface area (Å²) in [5.41, 5.74) is 12.5. The predicted octanol–water partition coefficient (Wildman–Crippen LogP) is 16.8. The lowest BCUT2D eigenvalue weighted by molar-refractivity contribution is 0.669. The Morgan fingerprint density at radius 2 is 0.717 bits per heavy atom. The normalized spacial score (nSPS) is 11.8. The van der Waals surface area contributed by atoms with E-state index in [-0.39, 0.29) is 0 Å². The highest BCUT2D eigenvalue weighted by Gasteiger charge is 2.20. The molecule has 0 saturated carbocycles. The minimum atomic E-state index is 0.897. The van der Waals surface area contributed by atoms with Crippen LogP contribution in [0.5, 0.6) is 0 Å². The van der Waals surface area contributed by atoms with E-state index in [1.54, 1.807) is 0 Å². The van der Waals surface area contributed by atoms with Gasteiger partial charge in [-0.1, -0.05) is 140 Å². The largest absolute Gasteiger partial charge is 0.456 e. The maximum Gasteiger partial charge on any atom is 0.136 e. The molecular weight excluding hydrogens is 727 g/mol. The van der Waals surface area contributed by atoms with Gasteiger partial charge < -0.3 is 9.32 Å². The Labute approximate surface area is 348 Å². The van der Waals surface area contributed by atoms with E-state index in [0.29, 0.717) is 0 Å². The summed E-state index contributed by atoms with van der Waals surface area (Å²) in [4.78, 5) is 2.35. The average molecular weight is 766 g/mol. The fraction of sp³-hybridized carbons (Fsp3) is 0.0345. The first kappa shape index (κ1) is 34.4. The number of fused-ring (bicyclic) bond motifs is 11. The number of aryl methyl sites for hydroxylation is 2. The summed E-state index contributed by atoms with van der Waals surface area (Å²) < 4.78 is 6.66. The zero-order chi connectivity index (χ0) is 39.9. The van der Waals surface area contributed by atoms with Crippen LogP contribution in [0, 0.1) is 13.8 Å². The second kappa shape index (κ2) is 13.4. The van der Waals surface area contributed by atoms with E-state index in [1.165, 1.54) is 87.2 Å². The first-order chi connectivity index (χ1) is 29.6. The monoisotopic (exact) mass is 765 g/mol. The van der Waals surface area contributed by atoms with Crippen LogP contribution in [0.1, 0.15) is 11.1 Å². The fourth-order valence-electron chi connectivity index (χ4n) is 9.84. The molecule has 0 atom stereocenters. The first-order valence-electron chi connectivity index (χ1n) is 20.7. The van der Waals surface area contributed by atoms with Gasteiger partial charge in [-0.25, -0.2) is 0 Å². The Morgan fingerprint density at radius 3 is 1.23 bits per heavy atom. The summed E-state index contributed by atoms with van der Waals surface area (Å²) in [5.74, 6) is 0. The minimum Gasteiger partial charge on any atom is -0.456 e. The van der Waals surface area contributed by atoms with E-state index in [9.17, 15) is 0 Å². The van der Waals surface area contributed by atoms with Crippen molar-refractivity contribution < 1.29 is 4.42 Å². The van der Waals surface area contributed by atoms with Crippen LogP contribution in [0.15, 0.2) is 205 Å². The molecule has 11 aromatic carbocycles. The van der Waals surface area contributed by atoms with Crippen molar-refractivity contribution in [1.29, 1.82) is 0 Å². The van der Waals surface area contributed by atoms with Crippen LogP contribution in [0.4, 0.5) is 17.1 Å². The minimum absolute atomic E-state index is 0.897. The summed E-state index contributed by atoms with van der Waals surface area (Å²) in [6.45, 7) is 4.31. The smallest absolute Gasteiger partial charge is 0.136 e. The quantitative estimate of drug-likeness (QED) is 0.128. The summed E-state index contributed by atoms with van der Waals surface area (Å²) in [5, 5.41) is 14.7. The maximum atomic E-state index is 6.66. The van der Waals surface area contributed by atoms with E-state index >= 15 is 0 Å². The van der Waals surface area contributed by atoms with Gasteiger partial charge in [-0.3, -0.25) is 0 Å². The van der Waals surface area contributed by atoms with Crippen LogP contribution in [-0.2, 0) is 0 Å². The summed E-state index contributed by atoms with van der Waals surface area (Å²) >= 11 is 0. The molecule has 2 heteroatoms. The Balaban J connectivity index is 1.04. The van der Waals surface area contributed by atoms with Gasteiger partial charge in [-0.05, 0) is 162 Å². The molecule has 0 saturated heterocycles. The molecule has 0 amide bonds. The Hall–Kier alpha value is -7.68. The number of nitrogens with zero attached hydrogens (tertiary/aromatic N) is 1. The zero-order valence-corrected chi connectivity index (χ0v) is 33.4. The number of furan rings is 1.